The number of nitrogens with one attached hydrogen (secondary N) is 1. The summed E-state index contributed by atoms with van der Waals surface area (Å²) in [5.74, 6) is -1.20. The normalized spacial score (nSPS) is 13.1. The van der Waals surface area contributed by atoms with Gasteiger partial charge in [0.2, 0.25) is 0 Å². The standard InChI is InChI=1S/C24H19FN2O3/c25-20-10-6-16(7-11-20)14-21(17-4-2-1-3-5-17)24(29)27-13-12-18-8-9-19(15-22(18)27)23(28)26-30/h1-11,14-15,30H,12-13H2,(H,26,28)/b21-14+. The number of hydroxylamine groups is 1. The molecule has 2 amide bonds. The van der Waals surface area contributed by atoms with Crippen LogP contribution in [0.25, 0.3) is 11.6 Å². The fourth-order valence-electron chi connectivity index (χ4n) is 3.55. The molecule has 3 aromatic carbocycles. The van der Waals surface area contributed by atoms with Crippen LogP contribution in [0.1, 0.15) is 27.0 Å². The Kier molecular flexibility index (Phi) is 5.41. The van der Waals surface area contributed by atoms with E-state index < -0.39 is 5.91 Å². The van der Waals surface area contributed by atoms with Crippen molar-refractivity contribution in [2.45, 2.75) is 6.42 Å². The lowest BCUT2D eigenvalue weighted by atomic mass is 10.0. The number of hydrogen-bond acceptors (Lipinski definition) is 3. The van der Waals surface area contributed by atoms with E-state index in [0.717, 1.165) is 11.1 Å². The van der Waals surface area contributed by atoms with Crippen molar-refractivity contribution in [1.82, 2.24) is 5.48 Å². The molecule has 3 aromatic rings. The summed E-state index contributed by atoms with van der Waals surface area (Å²) in [7, 11) is 0. The predicted octanol–water partition coefficient (Wildman–Crippen LogP) is 4.07. The van der Waals surface area contributed by atoms with Crippen molar-refractivity contribution in [3.8, 4) is 0 Å². The Labute approximate surface area is 173 Å². The minimum absolute atomic E-state index is 0.217. The molecule has 1 aliphatic heterocycles. The van der Waals surface area contributed by atoms with Crippen LogP contribution in [0.3, 0.4) is 0 Å². The first-order valence-electron chi connectivity index (χ1n) is 9.49. The lowest BCUT2D eigenvalue weighted by Crippen LogP contribution is -2.30. The van der Waals surface area contributed by atoms with E-state index in [-0.39, 0.29) is 17.3 Å². The molecule has 5 nitrogen and oxygen atoms in total. The fourth-order valence-corrected chi connectivity index (χ4v) is 3.55. The van der Waals surface area contributed by atoms with Crippen LogP contribution in [-0.2, 0) is 11.2 Å². The molecule has 4 rings (SSSR count). The highest BCUT2D eigenvalue weighted by Gasteiger charge is 2.28. The Bertz CT molecular complexity index is 1120. The molecule has 30 heavy (non-hydrogen) atoms. The van der Waals surface area contributed by atoms with Gasteiger partial charge in [0.15, 0.2) is 0 Å². The van der Waals surface area contributed by atoms with Crippen molar-refractivity contribution < 1.29 is 19.2 Å². The van der Waals surface area contributed by atoms with Crippen molar-refractivity contribution in [1.29, 1.82) is 0 Å². The maximum Gasteiger partial charge on any atom is 0.274 e. The van der Waals surface area contributed by atoms with Gasteiger partial charge in [-0.05, 0) is 53.5 Å². The highest BCUT2D eigenvalue weighted by Crippen LogP contribution is 2.32. The van der Waals surface area contributed by atoms with Gasteiger partial charge in [-0.3, -0.25) is 14.8 Å². The van der Waals surface area contributed by atoms with Crippen LogP contribution >= 0.6 is 0 Å². The second-order valence-corrected chi connectivity index (χ2v) is 6.97. The molecule has 1 heterocycles. The van der Waals surface area contributed by atoms with Crippen LogP contribution in [0, 0.1) is 5.82 Å². The van der Waals surface area contributed by atoms with Gasteiger partial charge >= 0.3 is 0 Å². The number of hydrogen-bond donors (Lipinski definition) is 2. The minimum atomic E-state index is -0.637. The highest BCUT2D eigenvalue weighted by molar-refractivity contribution is 6.30. The van der Waals surface area contributed by atoms with Crippen LogP contribution in [0.5, 0.6) is 0 Å². The van der Waals surface area contributed by atoms with E-state index in [1.54, 1.807) is 46.8 Å². The molecule has 0 saturated carbocycles. The number of nitrogens with zero attached hydrogens (tertiary/aromatic N) is 1. The third kappa shape index (κ3) is 3.86. The lowest BCUT2D eigenvalue weighted by molar-refractivity contribution is -0.113. The van der Waals surface area contributed by atoms with Crippen molar-refractivity contribution in [2.75, 3.05) is 11.4 Å². The van der Waals surface area contributed by atoms with E-state index in [9.17, 15) is 14.0 Å². The summed E-state index contributed by atoms with van der Waals surface area (Å²) in [6.45, 7) is 0.478. The quantitative estimate of drug-likeness (QED) is 0.299. The molecule has 0 aromatic heterocycles. The molecule has 0 atom stereocenters. The first-order chi connectivity index (χ1) is 14.6. The Morgan fingerprint density at radius 1 is 0.967 bits per heavy atom. The zero-order valence-electron chi connectivity index (χ0n) is 16.0. The zero-order valence-corrected chi connectivity index (χ0v) is 16.0. The maximum absolute atomic E-state index is 13.6. The number of rotatable bonds is 4. The molecule has 0 radical (unpaired) electrons. The lowest BCUT2D eigenvalue weighted by Gasteiger charge is -2.20. The number of carbonyl (C=O) groups is 2. The molecule has 0 unspecified atom stereocenters. The van der Waals surface area contributed by atoms with Gasteiger partial charge in [-0.25, -0.2) is 9.87 Å². The molecule has 0 aliphatic carbocycles. The van der Waals surface area contributed by atoms with E-state index in [2.05, 4.69) is 0 Å². The second kappa shape index (κ2) is 8.31. The van der Waals surface area contributed by atoms with Gasteiger partial charge in [-0.15, -0.1) is 0 Å². The Balaban J connectivity index is 1.76. The summed E-state index contributed by atoms with van der Waals surface area (Å²) in [5.41, 5.74) is 5.38. The van der Waals surface area contributed by atoms with Crippen molar-refractivity contribution in [3.63, 3.8) is 0 Å². The van der Waals surface area contributed by atoms with Crippen molar-refractivity contribution in [2.24, 2.45) is 0 Å². The molecular weight excluding hydrogens is 383 g/mol. The van der Waals surface area contributed by atoms with Crippen LogP contribution in [0.4, 0.5) is 10.1 Å². The van der Waals surface area contributed by atoms with Gasteiger partial charge in [0.25, 0.3) is 11.8 Å². The van der Waals surface area contributed by atoms with Gasteiger partial charge in [0, 0.05) is 23.4 Å². The molecule has 0 fully saturated rings. The third-order valence-corrected chi connectivity index (χ3v) is 5.09. The minimum Gasteiger partial charge on any atom is -0.308 e. The predicted molar refractivity (Wildman–Crippen MR) is 112 cm³/mol. The van der Waals surface area contributed by atoms with E-state index in [4.69, 9.17) is 5.21 Å². The zero-order chi connectivity index (χ0) is 21.1. The molecule has 2 N–H and O–H groups in total. The summed E-state index contributed by atoms with van der Waals surface area (Å²) in [4.78, 5) is 27.0. The van der Waals surface area contributed by atoms with Crippen LogP contribution < -0.4 is 10.4 Å². The van der Waals surface area contributed by atoms with Crippen LogP contribution in [0.2, 0.25) is 0 Å². The number of benzene rings is 3. The number of fused-ring (bicyclic) bond motifs is 1. The fraction of sp³-hybridized carbons (Fsp3) is 0.0833. The smallest absolute Gasteiger partial charge is 0.274 e. The third-order valence-electron chi connectivity index (χ3n) is 5.09. The summed E-state index contributed by atoms with van der Waals surface area (Å²) >= 11 is 0. The average Bonchev–Trinajstić information content (AvgIpc) is 3.21. The Morgan fingerprint density at radius 3 is 2.40 bits per heavy atom. The Morgan fingerprint density at radius 2 is 1.70 bits per heavy atom. The largest absolute Gasteiger partial charge is 0.308 e. The number of anilines is 1. The summed E-state index contributed by atoms with van der Waals surface area (Å²) in [5, 5.41) is 8.92. The molecule has 0 saturated heterocycles. The number of carbonyl (C=O) groups excluding carboxylic acids is 2. The molecule has 0 bridgehead atoms. The Hall–Kier alpha value is -3.77. The molecule has 1 aliphatic rings. The summed E-state index contributed by atoms with van der Waals surface area (Å²) in [6.07, 6.45) is 2.40. The SMILES string of the molecule is O=C(NO)c1ccc2c(c1)N(C(=O)/C(=C/c1ccc(F)cc1)c1ccccc1)CC2. The van der Waals surface area contributed by atoms with Gasteiger partial charge < -0.3 is 4.90 Å². The van der Waals surface area contributed by atoms with Gasteiger partial charge in [0.05, 0.1) is 0 Å². The molecule has 0 spiro atoms. The van der Waals surface area contributed by atoms with Crippen molar-refractivity contribution in [3.05, 3.63) is 101 Å². The summed E-state index contributed by atoms with van der Waals surface area (Å²) in [6, 6.07) is 20.2. The van der Waals surface area contributed by atoms with Gasteiger partial charge in [-0.2, -0.15) is 0 Å². The first kappa shape index (κ1) is 19.5. The van der Waals surface area contributed by atoms with E-state index in [1.807, 2.05) is 30.3 Å². The number of halogens is 1. The van der Waals surface area contributed by atoms with E-state index in [0.29, 0.717) is 29.8 Å². The van der Waals surface area contributed by atoms with Gasteiger partial charge in [0.1, 0.15) is 5.82 Å². The van der Waals surface area contributed by atoms with Crippen LogP contribution in [0.15, 0.2) is 72.8 Å². The van der Waals surface area contributed by atoms with Crippen molar-refractivity contribution >= 4 is 29.2 Å². The molecular formula is C24H19FN2O3. The number of amides is 2. The summed E-state index contributed by atoms with van der Waals surface area (Å²) < 4.78 is 13.3. The molecule has 6 heteroatoms. The van der Waals surface area contributed by atoms with Gasteiger partial charge in [-0.1, -0.05) is 48.5 Å². The molecule has 150 valence electrons. The van der Waals surface area contributed by atoms with Crippen LogP contribution in [-0.4, -0.2) is 23.6 Å². The monoisotopic (exact) mass is 402 g/mol. The second-order valence-electron chi connectivity index (χ2n) is 6.97. The van der Waals surface area contributed by atoms with E-state index >= 15 is 0 Å². The maximum atomic E-state index is 13.6. The average molecular weight is 402 g/mol. The van der Waals surface area contributed by atoms with E-state index in [1.165, 1.54) is 12.1 Å². The first-order valence-corrected chi connectivity index (χ1v) is 9.49. The highest BCUT2D eigenvalue weighted by atomic mass is 19.1. The topological polar surface area (TPSA) is 69.6 Å².